The van der Waals surface area contributed by atoms with Crippen LogP contribution in [0, 0.1) is 5.41 Å². The van der Waals surface area contributed by atoms with Gasteiger partial charge in [-0.3, -0.25) is 9.59 Å². The van der Waals surface area contributed by atoms with Gasteiger partial charge in [0.1, 0.15) is 0 Å². The number of hydrogen-bond acceptors (Lipinski definition) is 4. The molecule has 1 saturated carbocycles. The topological polar surface area (TPSA) is 84.9 Å². The summed E-state index contributed by atoms with van der Waals surface area (Å²) in [4.78, 5) is 22.8. The molecule has 0 aromatic carbocycles. The number of nitrogens with one attached hydrogen (secondary N) is 1. The van der Waals surface area contributed by atoms with Gasteiger partial charge in [-0.15, -0.1) is 0 Å². The molecule has 0 aromatic heterocycles. The van der Waals surface area contributed by atoms with Gasteiger partial charge < -0.3 is 19.9 Å². The molecule has 2 N–H and O–H groups in total. The molecular weight excluding hydrogens is 262 g/mol. The van der Waals surface area contributed by atoms with Crippen LogP contribution < -0.4 is 5.32 Å². The highest BCUT2D eigenvalue weighted by molar-refractivity contribution is 5.78. The second-order valence-corrected chi connectivity index (χ2v) is 5.41. The summed E-state index contributed by atoms with van der Waals surface area (Å²) in [6, 6.07) is 0. The minimum absolute atomic E-state index is 0.0801. The first-order valence-corrected chi connectivity index (χ1v) is 7.13. The molecule has 1 aliphatic rings. The molecule has 1 rings (SSSR count). The molecule has 1 aliphatic carbocycles. The maximum atomic E-state index is 11.9. The van der Waals surface area contributed by atoms with Crippen molar-refractivity contribution in [3.05, 3.63) is 0 Å². The SMILES string of the molecule is COCCOCCNC(=O)CC1(CC(=O)O)CCCC1. The number of ether oxygens (including phenoxy) is 2. The molecule has 0 spiro atoms. The van der Waals surface area contributed by atoms with E-state index in [1.54, 1.807) is 7.11 Å². The number of aliphatic carboxylic acids is 1. The van der Waals surface area contributed by atoms with Crippen LogP contribution in [0.25, 0.3) is 0 Å². The van der Waals surface area contributed by atoms with Gasteiger partial charge in [0, 0.05) is 20.1 Å². The fourth-order valence-electron chi connectivity index (χ4n) is 2.77. The number of hydrogen-bond donors (Lipinski definition) is 2. The molecule has 0 heterocycles. The molecule has 0 atom stereocenters. The molecule has 0 unspecified atom stereocenters. The Hall–Kier alpha value is -1.14. The van der Waals surface area contributed by atoms with Crippen LogP contribution in [-0.4, -0.2) is 50.5 Å². The summed E-state index contributed by atoms with van der Waals surface area (Å²) in [5.74, 6) is -0.897. The summed E-state index contributed by atoms with van der Waals surface area (Å²) >= 11 is 0. The van der Waals surface area contributed by atoms with Crippen LogP contribution >= 0.6 is 0 Å². The Bertz CT molecular complexity index is 313. The molecular formula is C14H25NO5. The largest absolute Gasteiger partial charge is 0.481 e. The molecule has 0 aromatic rings. The number of carbonyl (C=O) groups excluding carboxylic acids is 1. The number of amides is 1. The zero-order valence-corrected chi connectivity index (χ0v) is 12.2. The van der Waals surface area contributed by atoms with Gasteiger partial charge in [-0.1, -0.05) is 12.8 Å². The van der Waals surface area contributed by atoms with Crippen molar-refractivity contribution < 1.29 is 24.2 Å². The Morgan fingerprint density at radius 1 is 1.15 bits per heavy atom. The van der Waals surface area contributed by atoms with Gasteiger partial charge in [0.05, 0.1) is 26.2 Å². The maximum Gasteiger partial charge on any atom is 0.303 e. The Kier molecular flexibility index (Phi) is 7.54. The second-order valence-electron chi connectivity index (χ2n) is 5.41. The van der Waals surface area contributed by atoms with Crippen molar-refractivity contribution in [2.75, 3.05) is 33.5 Å². The Morgan fingerprint density at radius 2 is 1.85 bits per heavy atom. The summed E-state index contributed by atoms with van der Waals surface area (Å²) < 4.78 is 10.1. The van der Waals surface area contributed by atoms with E-state index in [2.05, 4.69) is 5.32 Å². The van der Waals surface area contributed by atoms with Crippen LogP contribution in [0.2, 0.25) is 0 Å². The lowest BCUT2D eigenvalue weighted by Crippen LogP contribution is -2.33. The third-order valence-electron chi connectivity index (χ3n) is 3.73. The fraction of sp³-hybridized carbons (Fsp3) is 0.857. The van der Waals surface area contributed by atoms with Gasteiger partial charge in [-0.2, -0.15) is 0 Å². The van der Waals surface area contributed by atoms with Crippen molar-refractivity contribution in [2.45, 2.75) is 38.5 Å². The number of carboxylic acid groups (broad SMARTS) is 1. The summed E-state index contributed by atoms with van der Waals surface area (Å²) in [5, 5.41) is 11.8. The molecule has 6 heteroatoms. The van der Waals surface area contributed by atoms with Crippen molar-refractivity contribution >= 4 is 11.9 Å². The average molecular weight is 287 g/mol. The number of rotatable bonds is 10. The lowest BCUT2D eigenvalue weighted by molar-refractivity contribution is -0.140. The number of carbonyl (C=O) groups is 2. The van der Waals surface area contributed by atoms with Crippen molar-refractivity contribution in [2.24, 2.45) is 5.41 Å². The third kappa shape index (κ3) is 6.34. The average Bonchev–Trinajstić information content (AvgIpc) is 2.80. The minimum Gasteiger partial charge on any atom is -0.481 e. The van der Waals surface area contributed by atoms with E-state index < -0.39 is 5.97 Å². The van der Waals surface area contributed by atoms with E-state index in [1.807, 2.05) is 0 Å². The van der Waals surface area contributed by atoms with Crippen LogP contribution in [0.3, 0.4) is 0 Å². The zero-order chi connectivity index (χ0) is 14.8. The van der Waals surface area contributed by atoms with Crippen LogP contribution in [0.15, 0.2) is 0 Å². The highest BCUT2D eigenvalue weighted by Crippen LogP contribution is 2.43. The van der Waals surface area contributed by atoms with E-state index in [1.165, 1.54) is 0 Å². The third-order valence-corrected chi connectivity index (χ3v) is 3.73. The van der Waals surface area contributed by atoms with E-state index >= 15 is 0 Å². The lowest BCUT2D eigenvalue weighted by Gasteiger charge is -2.26. The van der Waals surface area contributed by atoms with Crippen LogP contribution in [0.4, 0.5) is 0 Å². The molecule has 20 heavy (non-hydrogen) atoms. The summed E-state index contributed by atoms with van der Waals surface area (Å²) in [7, 11) is 1.61. The van der Waals surface area contributed by atoms with Crippen LogP contribution in [0.1, 0.15) is 38.5 Å². The van der Waals surface area contributed by atoms with Crippen LogP contribution in [0.5, 0.6) is 0 Å². The predicted octanol–water partition coefficient (Wildman–Crippen LogP) is 1.19. The van der Waals surface area contributed by atoms with Gasteiger partial charge in [-0.25, -0.2) is 0 Å². The highest BCUT2D eigenvalue weighted by Gasteiger charge is 2.37. The first-order chi connectivity index (χ1) is 9.58. The molecule has 0 saturated heterocycles. The summed E-state index contributed by atoms with van der Waals surface area (Å²) in [5.41, 5.74) is -0.340. The maximum absolute atomic E-state index is 11.9. The minimum atomic E-state index is -0.817. The Labute approximate surface area is 119 Å². The van der Waals surface area contributed by atoms with Crippen molar-refractivity contribution in [3.8, 4) is 0 Å². The fourth-order valence-corrected chi connectivity index (χ4v) is 2.77. The first kappa shape index (κ1) is 16.9. The van der Waals surface area contributed by atoms with Crippen molar-refractivity contribution in [1.29, 1.82) is 0 Å². The van der Waals surface area contributed by atoms with Gasteiger partial charge in [0.15, 0.2) is 0 Å². The van der Waals surface area contributed by atoms with Gasteiger partial charge in [0.2, 0.25) is 5.91 Å². The Morgan fingerprint density at radius 3 is 2.45 bits per heavy atom. The van der Waals surface area contributed by atoms with E-state index in [9.17, 15) is 9.59 Å². The standard InChI is InChI=1S/C14H25NO5/c1-19-8-9-20-7-6-15-12(16)10-14(11-13(17)18)4-2-3-5-14/h2-11H2,1H3,(H,15,16)(H,17,18). The molecule has 1 amide bonds. The summed E-state index contributed by atoms with van der Waals surface area (Å²) in [6.45, 7) is 1.94. The first-order valence-electron chi connectivity index (χ1n) is 7.13. The monoisotopic (exact) mass is 287 g/mol. The van der Waals surface area contributed by atoms with Gasteiger partial charge in [0.25, 0.3) is 0 Å². The Balaban J connectivity index is 2.23. The van der Waals surface area contributed by atoms with E-state index in [0.29, 0.717) is 32.8 Å². The summed E-state index contributed by atoms with van der Waals surface area (Å²) in [6.07, 6.45) is 4.08. The lowest BCUT2D eigenvalue weighted by atomic mass is 9.79. The molecule has 1 fully saturated rings. The smallest absolute Gasteiger partial charge is 0.303 e. The van der Waals surface area contributed by atoms with Crippen LogP contribution in [-0.2, 0) is 19.1 Å². The van der Waals surface area contributed by atoms with E-state index in [-0.39, 0.29) is 17.7 Å². The molecule has 0 aliphatic heterocycles. The predicted molar refractivity (Wildman–Crippen MR) is 73.5 cm³/mol. The number of methoxy groups -OCH3 is 1. The quantitative estimate of drug-likeness (QED) is 0.590. The molecule has 0 bridgehead atoms. The molecule has 0 radical (unpaired) electrons. The molecule has 116 valence electrons. The van der Waals surface area contributed by atoms with Gasteiger partial charge >= 0.3 is 5.97 Å². The van der Waals surface area contributed by atoms with Crippen molar-refractivity contribution in [1.82, 2.24) is 5.32 Å². The van der Waals surface area contributed by atoms with Crippen molar-refractivity contribution in [3.63, 3.8) is 0 Å². The van der Waals surface area contributed by atoms with E-state index in [0.717, 1.165) is 25.7 Å². The second kappa shape index (κ2) is 8.92. The van der Waals surface area contributed by atoms with E-state index in [4.69, 9.17) is 14.6 Å². The number of carboxylic acids is 1. The zero-order valence-electron chi connectivity index (χ0n) is 12.2. The normalized spacial score (nSPS) is 17.1. The molecule has 6 nitrogen and oxygen atoms in total. The highest BCUT2D eigenvalue weighted by atomic mass is 16.5. The van der Waals surface area contributed by atoms with Gasteiger partial charge in [-0.05, 0) is 18.3 Å².